The predicted octanol–water partition coefficient (Wildman–Crippen LogP) is 3.23. The lowest BCUT2D eigenvalue weighted by Gasteiger charge is -2.07. The van der Waals surface area contributed by atoms with Crippen LogP contribution in [-0.2, 0) is 26.0 Å². The Kier molecular flexibility index (Phi) is 7.72. The lowest BCUT2D eigenvalue weighted by molar-refractivity contribution is -0.139. The summed E-state index contributed by atoms with van der Waals surface area (Å²) >= 11 is 0. The van der Waals surface area contributed by atoms with Gasteiger partial charge in [-0.1, -0.05) is 6.07 Å². The molecule has 0 aliphatic heterocycles. The molecule has 0 saturated carbocycles. The number of esters is 1. The molecule has 0 spiro atoms. The van der Waals surface area contributed by atoms with Crippen LogP contribution in [0.3, 0.4) is 0 Å². The van der Waals surface area contributed by atoms with Gasteiger partial charge in [-0.25, -0.2) is 18.1 Å². The van der Waals surface area contributed by atoms with Gasteiger partial charge in [-0.15, -0.1) is 0 Å². The molecule has 2 aromatic heterocycles. The smallest absolute Gasteiger partial charge is 0.311 e. The predicted molar refractivity (Wildman–Crippen MR) is 142 cm³/mol. The Morgan fingerprint density at radius 1 is 1.05 bits per heavy atom. The van der Waals surface area contributed by atoms with Crippen LogP contribution in [0.25, 0.3) is 5.69 Å². The summed E-state index contributed by atoms with van der Waals surface area (Å²) in [6.07, 6.45) is 1.31. The number of pyridine rings is 1. The number of benzene rings is 2. The van der Waals surface area contributed by atoms with Gasteiger partial charge < -0.3 is 9.47 Å². The van der Waals surface area contributed by atoms with Crippen molar-refractivity contribution < 1.29 is 22.7 Å². The summed E-state index contributed by atoms with van der Waals surface area (Å²) in [5, 5.41) is 2.98. The number of anilines is 1. The maximum Gasteiger partial charge on any atom is 0.311 e. The van der Waals surface area contributed by atoms with Crippen molar-refractivity contribution in [1.29, 1.82) is 0 Å². The minimum Gasteiger partial charge on any atom is -0.497 e. The van der Waals surface area contributed by atoms with Crippen LogP contribution in [0.5, 0.6) is 5.75 Å². The quantitative estimate of drug-likeness (QED) is 0.247. The van der Waals surface area contributed by atoms with E-state index in [0.717, 1.165) is 0 Å². The van der Waals surface area contributed by atoms with Crippen LogP contribution in [0.1, 0.15) is 18.2 Å². The van der Waals surface area contributed by atoms with Gasteiger partial charge in [-0.05, 0) is 67.6 Å². The molecule has 0 aliphatic rings. The number of aromatic nitrogens is 3. The molecule has 0 atom stereocenters. The second-order valence-electron chi connectivity index (χ2n) is 8.07. The Balaban J connectivity index is 1.67. The SMILES string of the molecule is COC(=O)Cc1[nH]n(-c2ccc(OC)cc2)c(=O)c1C(C)=Nc1ccc(S(=O)(=O)Nc2ccccn2)cc1. The van der Waals surface area contributed by atoms with Crippen LogP contribution < -0.4 is 15.0 Å². The number of aliphatic imine (C=N–C) groups is 1. The van der Waals surface area contributed by atoms with Crippen molar-refractivity contribution in [2.75, 3.05) is 18.9 Å². The van der Waals surface area contributed by atoms with Crippen molar-refractivity contribution in [1.82, 2.24) is 14.8 Å². The molecule has 38 heavy (non-hydrogen) atoms. The van der Waals surface area contributed by atoms with E-state index >= 15 is 0 Å². The van der Waals surface area contributed by atoms with E-state index in [4.69, 9.17) is 9.47 Å². The molecule has 4 rings (SSSR count). The number of aromatic amines is 1. The molecule has 12 heteroatoms. The Hall–Kier alpha value is -4.71. The van der Waals surface area contributed by atoms with E-state index in [2.05, 4.69) is 19.8 Å². The fourth-order valence-corrected chi connectivity index (χ4v) is 4.69. The third-order valence-electron chi connectivity index (χ3n) is 5.55. The third kappa shape index (κ3) is 5.81. The summed E-state index contributed by atoms with van der Waals surface area (Å²) in [5.74, 6) is 0.295. The lowest BCUT2D eigenvalue weighted by atomic mass is 10.1. The number of methoxy groups -OCH3 is 2. The zero-order chi connectivity index (χ0) is 27.3. The first kappa shape index (κ1) is 26.4. The minimum absolute atomic E-state index is 0.0228. The van der Waals surface area contributed by atoms with E-state index in [1.54, 1.807) is 56.5 Å². The second-order valence-corrected chi connectivity index (χ2v) is 9.75. The molecular weight excluding hydrogens is 510 g/mol. The number of nitrogens with one attached hydrogen (secondary N) is 2. The lowest BCUT2D eigenvalue weighted by Crippen LogP contribution is -2.20. The standard InChI is InChI=1S/C26H25N5O6S/c1-17(28-18-7-13-21(14-8-18)38(34,35)30-23-6-4-5-15-27-23)25-22(16-24(32)37-3)29-31(26(25)33)19-9-11-20(36-2)12-10-19/h4-15,29H,16H2,1-3H3,(H,27,30). The molecule has 0 saturated heterocycles. The van der Waals surface area contributed by atoms with Gasteiger partial charge >= 0.3 is 5.97 Å². The normalized spacial score (nSPS) is 11.7. The Bertz CT molecular complexity index is 1620. The highest BCUT2D eigenvalue weighted by Crippen LogP contribution is 2.21. The molecule has 4 aromatic rings. The van der Waals surface area contributed by atoms with E-state index in [9.17, 15) is 18.0 Å². The van der Waals surface area contributed by atoms with Crippen molar-refractivity contribution in [2.45, 2.75) is 18.2 Å². The molecule has 0 unspecified atom stereocenters. The fourth-order valence-electron chi connectivity index (χ4n) is 3.68. The Morgan fingerprint density at radius 2 is 1.76 bits per heavy atom. The van der Waals surface area contributed by atoms with Gasteiger partial charge in [0.05, 0.1) is 53.9 Å². The molecule has 0 bridgehead atoms. The van der Waals surface area contributed by atoms with E-state index in [0.29, 0.717) is 28.5 Å². The van der Waals surface area contributed by atoms with Gasteiger partial charge in [-0.3, -0.25) is 24.4 Å². The number of sulfonamides is 1. The molecule has 0 radical (unpaired) electrons. The first-order valence-electron chi connectivity index (χ1n) is 11.4. The molecule has 2 N–H and O–H groups in total. The third-order valence-corrected chi connectivity index (χ3v) is 6.92. The van der Waals surface area contributed by atoms with Crippen LogP contribution in [0.2, 0.25) is 0 Å². The maximum atomic E-state index is 13.4. The topological polar surface area (TPSA) is 145 Å². The van der Waals surface area contributed by atoms with Crippen LogP contribution in [0.4, 0.5) is 11.5 Å². The highest BCUT2D eigenvalue weighted by Gasteiger charge is 2.21. The average molecular weight is 536 g/mol. The number of H-pyrrole nitrogens is 1. The molecule has 0 aliphatic carbocycles. The van der Waals surface area contributed by atoms with Crippen molar-refractivity contribution in [3.63, 3.8) is 0 Å². The number of rotatable bonds is 9. The van der Waals surface area contributed by atoms with Crippen molar-refractivity contribution in [3.8, 4) is 11.4 Å². The summed E-state index contributed by atoms with van der Waals surface area (Å²) < 4.78 is 39.0. The minimum atomic E-state index is -3.85. The van der Waals surface area contributed by atoms with Crippen LogP contribution in [-0.4, -0.2) is 49.1 Å². The van der Waals surface area contributed by atoms with E-state index in [-0.39, 0.29) is 22.7 Å². The second kappa shape index (κ2) is 11.1. The van der Waals surface area contributed by atoms with Gasteiger partial charge in [0.1, 0.15) is 11.6 Å². The van der Waals surface area contributed by atoms with Gasteiger partial charge in [0.2, 0.25) is 0 Å². The molecular formula is C26H25N5O6S. The molecule has 0 fully saturated rings. The van der Waals surface area contributed by atoms with Gasteiger partial charge in [0.25, 0.3) is 15.6 Å². The van der Waals surface area contributed by atoms with Crippen molar-refractivity contribution in [3.05, 3.63) is 94.5 Å². The summed E-state index contributed by atoms with van der Waals surface area (Å²) in [7, 11) is -1.05. The van der Waals surface area contributed by atoms with Crippen LogP contribution >= 0.6 is 0 Å². The molecule has 2 heterocycles. The van der Waals surface area contributed by atoms with Gasteiger partial charge in [0, 0.05) is 6.20 Å². The molecule has 196 valence electrons. The monoisotopic (exact) mass is 535 g/mol. The zero-order valence-corrected chi connectivity index (χ0v) is 21.7. The summed E-state index contributed by atoms with van der Waals surface area (Å²) in [4.78, 5) is 33.9. The summed E-state index contributed by atoms with van der Waals surface area (Å²) in [5.41, 5.74) is 1.42. The first-order chi connectivity index (χ1) is 18.2. The number of ether oxygens (including phenoxy) is 2. The van der Waals surface area contributed by atoms with E-state index in [1.807, 2.05) is 0 Å². The highest BCUT2D eigenvalue weighted by molar-refractivity contribution is 7.92. The number of hydrogen-bond donors (Lipinski definition) is 2. The summed E-state index contributed by atoms with van der Waals surface area (Å²) in [6, 6.07) is 17.6. The summed E-state index contributed by atoms with van der Waals surface area (Å²) in [6.45, 7) is 1.64. The number of nitrogens with zero attached hydrogens (tertiary/aromatic N) is 3. The number of carbonyl (C=O) groups excluding carboxylic acids is 1. The molecule has 11 nitrogen and oxygen atoms in total. The van der Waals surface area contributed by atoms with Gasteiger partial charge in [0.15, 0.2) is 0 Å². The van der Waals surface area contributed by atoms with Crippen molar-refractivity contribution >= 4 is 33.2 Å². The Labute approximate surface area is 218 Å². The van der Waals surface area contributed by atoms with E-state index in [1.165, 1.54) is 42.3 Å². The van der Waals surface area contributed by atoms with Crippen molar-refractivity contribution in [2.24, 2.45) is 4.99 Å². The van der Waals surface area contributed by atoms with E-state index < -0.39 is 21.6 Å². The Morgan fingerprint density at radius 3 is 2.37 bits per heavy atom. The zero-order valence-electron chi connectivity index (χ0n) is 20.8. The van der Waals surface area contributed by atoms with Crippen LogP contribution in [0.15, 0.2) is 87.6 Å². The number of carbonyl (C=O) groups is 1. The molecule has 0 amide bonds. The largest absolute Gasteiger partial charge is 0.497 e. The average Bonchev–Trinajstić information content (AvgIpc) is 3.24. The first-order valence-corrected chi connectivity index (χ1v) is 12.8. The maximum absolute atomic E-state index is 13.4. The molecule has 2 aromatic carbocycles. The fraction of sp³-hybridized carbons (Fsp3) is 0.154. The highest BCUT2D eigenvalue weighted by atomic mass is 32.2. The van der Waals surface area contributed by atoms with Crippen LogP contribution in [0, 0.1) is 0 Å². The van der Waals surface area contributed by atoms with Gasteiger partial charge in [-0.2, -0.15) is 0 Å². The number of hydrogen-bond acceptors (Lipinski definition) is 8.